The third-order valence-electron chi connectivity index (χ3n) is 3.79. The molecule has 0 amide bonds. The highest BCUT2D eigenvalue weighted by Gasteiger charge is 2.14. The molecule has 1 aliphatic rings. The van der Waals surface area contributed by atoms with Crippen LogP contribution in [0.15, 0.2) is 17.1 Å². The molecule has 2 unspecified atom stereocenters. The van der Waals surface area contributed by atoms with Crippen LogP contribution >= 0.6 is 0 Å². The van der Waals surface area contributed by atoms with E-state index >= 15 is 0 Å². The number of unbranched alkanes of at least 4 members (excludes halogenated alkanes) is 1. The maximum absolute atomic E-state index is 9.61. The Balaban J connectivity index is 2.09. The molecular weight excluding hydrogens is 250 g/mol. The summed E-state index contributed by atoms with van der Waals surface area (Å²) in [5.74, 6) is 0. The minimum absolute atomic E-state index is 0.00522. The second-order valence-electron chi connectivity index (χ2n) is 5.91. The minimum atomic E-state index is -0.774. The van der Waals surface area contributed by atoms with E-state index in [1.165, 1.54) is 24.1 Å². The van der Waals surface area contributed by atoms with Gasteiger partial charge in [0.25, 0.3) is 0 Å². The van der Waals surface area contributed by atoms with Gasteiger partial charge in [-0.05, 0) is 58.4 Å². The molecule has 0 aliphatic carbocycles. The van der Waals surface area contributed by atoms with Crippen molar-refractivity contribution in [1.29, 1.82) is 0 Å². The molecule has 0 aromatic heterocycles. The fraction of sp³-hybridized carbons (Fsp3) is 0.812. The molecule has 0 bridgehead atoms. The van der Waals surface area contributed by atoms with Crippen molar-refractivity contribution >= 4 is 5.71 Å². The molecule has 0 aromatic rings. The zero-order valence-corrected chi connectivity index (χ0v) is 12.9. The Morgan fingerprint density at radius 2 is 2.25 bits per heavy atom. The smallest absolute Gasteiger partial charge is 0.117 e. The quantitative estimate of drug-likeness (QED) is 0.309. The van der Waals surface area contributed by atoms with Crippen molar-refractivity contribution in [3.05, 3.63) is 12.2 Å². The second-order valence-corrected chi connectivity index (χ2v) is 5.91. The van der Waals surface area contributed by atoms with Gasteiger partial charge in [0.1, 0.15) is 6.23 Å². The largest absolute Gasteiger partial charge is 0.377 e. The molecule has 0 radical (unpaired) electrons. The molecule has 1 rings (SSSR count). The van der Waals surface area contributed by atoms with Crippen LogP contribution in [-0.4, -0.2) is 36.2 Å². The Morgan fingerprint density at radius 1 is 1.45 bits per heavy atom. The van der Waals surface area contributed by atoms with Gasteiger partial charge in [0.15, 0.2) is 0 Å². The zero-order valence-electron chi connectivity index (χ0n) is 12.9. The molecule has 1 aliphatic heterocycles. The Kier molecular flexibility index (Phi) is 8.74. The Bertz CT molecular complexity index is 313. The van der Waals surface area contributed by atoms with Crippen molar-refractivity contribution in [2.24, 2.45) is 10.7 Å². The Hall–Kier alpha value is -0.710. The summed E-state index contributed by atoms with van der Waals surface area (Å²) in [5.41, 5.74) is 8.22. The lowest BCUT2D eigenvalue weighted by Crippen LogP contribution is -2.45. The van der Waals surface area contributed by atoms with Crippen molar-refractivity contribution < 1.29 is 5.11 Å². The maximum Gasteiger partial charge on any atom is 0.117 e. The number of aliphatic hydroxyl groups is 1. The van der Waals surface area contributed by atoms with Crippen molar-refractivity contribution in [3.63, 3.8) is 0 Å². The van der Waals surface area contributed by atoms with E-state index in [2.05, 4.69) is 23.8 Å². The normalized spacial score (nSPS) is 17.9. The van der Waals surface area contributed by atoms with Crippen molar-refractivity contribution in [2.45, 2.75) is 70.6 Å². The van der Waals surface area contributed by atoms with E-state index in [0.717, 1.165) is 51.6 Å². The first-order chi connectivity index (χ1) is 9.59. The number of hydrogen-bond acceptors (Lipinski definition) is 4. The fourth-order valence-corrected chi connectivity index (χ4v) is 2.57. The van der Waals surface area contributed by atoms with Gasteiger partial charge in [-0.1, -0.05) is 12.0 Å². The highest BCUT2D eigenvalue weighted by molar-refractivity contribution is 5.85. The summed E-state index contributed by atoms with van der Waals surface area (Å²) in [6, 6.07) is 0.00522. The first-order valence-electron chi connectivity index (χ1n) is 7.93. The van der Waals surface area contributed by atoms with Crippen LogP contribution in [0.3, 0.4) is 0 Å². The SMILES string of the molecule is C=C(C)CCCCC(NCCCC1=NCCC1)C(N)O. The number of nitrogens with two attached hydrogens (primary N) is 1. The molecule has 2 atom stereocenters. The number of aliphatic imine (C=N–C) groups is 1. The van der Waals surface area contributed by atoms with Crippen molar-refractivity contribution in [3.8, 4) is 0 Å². The van der Waals surface area contributed by atoms with Crippen molar-refractivity contribution in [1.82, 2.24) is 5.32 Å². The molecule has 116 valence electrons. The van der Waals surface area contributed by atoms with Gasteiger partial charge >= 0.3 is 0 Å². The van der Waals surface area contributed by atoms with Crippen LogP contribution in [-0.2, 0) is 0 Å². The first kappa shape index (κ1) is 17.3. The topological polar surface area (TPSA) is 70.6 Å². The van der Waals surface area contributed by atoms with Crippen LogP contribution in [0.2, 0.25) is 0 Å². The summed E-state index contributed by atoms with van der Waals surface area (Å²) in [6.45, 7) is 7.87. The number of aliphatic hydroxyl groups excluding tert-OH is 1. The number of hydrogen-bond donors (Lipinski definition) is 3. The van der Waals surface area contributed by atoms with Crippen LogP contribution in [0.25, 0.3) is 0 Å². The lowest BCUT2D eigenvalue weighted by atomic mass is 10.0. The van der Waals surface area contributed by atoms with Crippen LogP contribution < -0.4 is 11.1 Å². The molecule has 0 spiro atoms. The lowest BCUT2D eigenvalue weighted by molar-refractivity contribution is 0.127. The molecule has 1 heterocycles. The summed E-state index contributed by atoms with van der Waals surface area (Å²) in [7, 11) is 0. The molecule has 0 saturated heterocycles. The predicted octanol–water partition coefficient (Wildman–Crippen LogP) is 2.37. The van der Waals surface area contributed by atoms with Gasteiger partial charge in [0, 0.05) is 18.3 Å². The number of rotatable bonds is 11. The standard InChI is InChI=1S/C16H31N3O/c1-13(2)7-3-4-10-15(16(17)20)19-12-6-9-14-8-5-11-18-14/h15-16,19-20H,1,3-12,17H2,2H3. The van der Waals surface area contributed by atoms with E-state index in [4.69, 9.17) is 5.73 Å². The fourth-order valence-electron chi connectivity index (χ4n) is 2.57. The molecule has 4 N–H and O–H groups in total. The van der Waals surface area contributed by atoms with Gasteiger partial charge in [-0.2, -0.15) is 0 Å². The highest BCUT2D eigenvalue weighted by Crippen LogP contribution is 2.10. The summed E-state index contributed by atoms with van der Waals surface area (Å²) < 4.78 is 0. The van der Waals surface area contributed by atoms with E-state index in [0.29, 0.717) is 0 Å². The molecule has 0 aromatic carbocycles. The zero-order chi connectivity index (χ0) is 14.8. The molecule has 4 heteroatoms. The molecule has 20 heavy (non-hydrogen) atoms. The van der Waals surface area contributed by atoms with Gasteiger partial charge in [-0.3, -0.25) is 4.99 Å². The van der Waals surface area contributed by atoms with E-state index in [-0.39, 0.29) is 6.04 Å². The predicted molar refractivity (Wildman–Crippen MR) is 86.0 cm³/mol. The number of nitrogens with one attached hydrogen (secondary N) is 1. The number of nitrogens with zero attached hydrogens (tertiary/aromatic N) is 1. The average molecular weight is 281 g/mol. The van der Waals surface area contributed by atoms with Crippen LogP contribution in [0.5, 0.6) is 0 Å². The Labute approximate surface area is 123 Å². The third-order valence-corrected chi connectivity index (χ3v) is 3.79. The average Bonchev–Trinajstić information content (AvgIpc) is 2.89. The monoisotopic (exact) mass is 281 g/mol. The molecule has 0 fully saturated rings. The highest BCUT2D eigenvalue weighted by atomic mass is 16.3. The van der Waals surface area contributed by atoms with Gasteiger partial charge in [-0.15, -0.1) is 6.58 Å². The van der Waals surface area contributed by atoms with Gasteiger partial charge in [0.2, 0.25) is 0 Å². The van der Waals surface area contributed by atoms with Crippen molar-refractivity contribution in [2.75, 3.05) is 13.1 Å². The van der Waals surface area contributed by atoms with Crippen LogP contribution in [0.1, 0.15) is 58.3 Å². The van der Waals surface area contributed by atoms with E-state index in [9.17, 15) is 5.11 Å². The summed E-state index contributed by atoms with van der Waals surface area (Å²) in [6.07, 6.45) is 7.95. The minimum Gasteiger partial charge on any atom is -0.377 e. The first-order valence-corrected chi connectivity index (χ1v) is 7.93. The summed E-state index contributed by atoms with van der Waals surface area (Å²) in [4.78, 5) is 4.47. The van der Waals surface area contributed by atoms with Crippen LogP contribution in [0.4, 0.5) is 0 Å². The summed E-state index contributed by atoms with van der Waals surface area (Å²) >= 11 is 0. The molecule has 4 nitrogen and oxygen atoms in total. The van der Waals surface area contributed by atoms with Gasteiger partial charge < -0.3 is 16.2 Å². The maximum atomic E-state index is 9.61. The number of allylic oxidation sites excluding steroid dienone is 1. The second kappa shape index (κ2) is 10.1. The van der Waals surface area contributed by atoms with E-state index in [1.54, 1.807) is 0 Å². The van der Waals surface area contributed by atoms with Crippen LogP contribution in [0, 0.1) is 0 Å². The lowest BCUT2D eigenvalue weighted by Gasteiger charge is -2.21. The molecule has 0 saturated carbocycles. The Morgan fingerprint density at radius 3 is 2.85 bits per heavy atom. The third kappa shape index (κ3) is 7.78. The molecular formula is C16H31N3O. The van der Waals surface area contributed by atoms with E-state index in [1.807, 2.05) is 0 Å². The van der Waals surface area contributed by atoms with Gasteiger partial charge in [-0.25, -0.2) is 0 Å². The van der Waals surface area contributed by atoms with Gasteiger partial charge in [0.05, 0.1) is 0 Å². The van der Waals surface area contributed by atoms with E-state index < -0.39 is 6.23 Å². The summed E-state index contributed by atoms with van der Waals surface area (Å²) in [5, 5.41) is 13.0.